The third-order valence-corrected chi connectivity index (χ3v) is 3.27. The molecule has 3 heteroatoms. The molecule has 0 aromatic heterocycles. The summed E-state index contributed by atoms with van der Waals surface area (Å²) in [4.78, 5) is 0. The van der Waals surface area contributed by atoms with Gasteiger partial charge in [-0.3, -0.25) is 0 Å². The average Bonchev–Trinajstić information content (AvgIpc) is 2.29. The molecule has 1 unspecified atom stereocenters. The van der Waals surface area contributed by atoms with Crippen molar-refractivity contribution in [3.63, 3.8) is 0 Å². The van der Waals surface area contributed by atoms with Gasteiger partial charge in [-0.05, 0) is 49.4 Å². The van der Waals surface area contributed by atoms with Crippen LogP contribution in [0.5, 0.6) is 0 Å². The molecule has 0 amide bonds. The van der Waals surface area contributed by atoms with Crippen LogP contribution in [-0.4, -0.2) is 12.6 Å². The van der Waals surface area contributed by atoms with Gasteiger partial charge in [-0.2, -0.15) is 0 Å². The minimum absolute atomic E-state index is 0.273. The highest BCUT2D eigenvalue weighted by Gasteiger charge is 2.13. The minimum Gasteiger partial charge on any atom is -0.314 e. The molecule has 1 N–H and O–H groups in total. The fourth-order valence-electron chi connectivity index (χ4n) is 2.11. The standard InChI is InChI=1S/C15H23ClFN/c1-4-7-18-14(8-11(2)3)9-12-5-6-13(17)10-15(12)16/h5-6,10-11,14,18H,4,7-9H2,1-3H3. The molecule has 0 spiro atoms. The smallest absolute Gasteiger partial charge is 0.124 e. The lowest BCUT2D eigenvalue weighted by molar-refractivity contribution is 0.416. The summed E-state index contributed by atoms with van der Waals surface area (Å²) in [6.07, 6.45) is 3.08. The summed E-state index contributed by atoms with van der Waals surface area (Å²) in [7, 11) is 0. The first kappa shape index (κ1) is 15.5. The zero-order valence-corrected chi connectivity index (χ0v) is 12.2. The summed E-state index contributed by atoms with van der Waals surface area (Å²) in [5, 5.41) is 4.07. The fourth-order valence-corrected chi connectivity index (χ4v) is 2.35. The van der Waals surface area contributed by atoms with Crippen LogP contribution in [0.25, 0.3) is 0 Å². The van der Waals surface area contributed by atoms with Crippen LogP contribution in [0.15, 0.2) is 18.2 Å². The molecular weight excluding hydrogens is 249 g/mol. The van der Waals surface area contributed by atoms with Crippen LogP contribution in [0, 0.1) is 11.7 Å². The van der Waals surface area contributed by atoms with E-state index in [0.29, 0.717) is 17.0 Å². The average molecular weight is 272 g/mol. The summed E-state index contributed by atoms with van der Waals surface area (Å²) < 4.78 is 13.0. The van der Waals surface area contributed by atoms with Crippen molar-refractivity contribution in [2.45, 2.75) is 46.1 Å². The number of hydrogen-bond donors (Lipinski definition) is 1. The molecule has 0 fully saturated rings. The zero-order chi connectivity index (χ0) is 13.5. The van der Waals surface area contributed by atoms with E-state index in [1.54, 1.807) is 6.07 Å². The van der Waals surface area contributed by atoms with Crippen LogP contribution < -0.4 is 5.32 Å². The van der Waals surface area contributed by atoms with Gasteiger partial charge < -0.3 is 5.32 Å². The van der Waals surface area contributed by atoms with E-state index in [1.807, 2.05) is 0 Å². The molecule has 1 atom stereocenters. The molecule has 0 radical (unpaired) electrons. The van der Waals surface area contributed by atoms with E-state index in [2.05, 4.69) is 26.1 Å². The predicted molar refractivity (Wildman–Crippen MR) is 76.7 cm³/mol. The number of halogens is 2. The van der Waals surface area contributed by atoms with Gasteiger partial charge in [0.1, 0.15) is 5.82 Å². The van der Waals surface area contributed by atoms with Gasteiger partial charge in [-0.1, -0.05) is 38.4 Å². The van der Waals surface area contributed by atoms with Crippen LogP contribution >= 0.6 is 11.6 Å². The molecule has 0 saturated carbocycles. The van der Waals surface area contributed by atoms with Gasteiger partial charge in [0, 0.05) is 11.1 Å². The molecule has 0 aliphatic rings. The number of rotatable bonds is 7. The molecular formula is C15H23ClFN. The Kier molecular flexibility index (Phi) is 6.66. The Morgan fingerprint density at radius 2 is 2.06 bits per heavy atom. The van der Waals surface area contributed by atoms with Gasteiger partial charge in [0.25, 0.3) is 0 Å². The first-order valence-corrected chi connectivity index (χ1v) is 7.08. The van der Waals surface area contributed by atoms with Crippen molar-refractivity contribution in [3.05, 3.63) is 34.6 Å². The van der Waals surface area contributed by atoms with Gasteiger partial charge in [0.2, 0.25) is 0 Å². The second-order valence-electron chi connectivity index (χ2n) is 5.22. The lowest BCUT2D eigenvalue weighted by atomic mass is 9.97. The third-order valence-electron chi connectivity index (χ3n) is 2.92. The Balaban J connectivity index is 2.68. The van der Waals surface area contributed by atoms with E-state index in [-0.39, 0.29) is 5.82 Å². The summed E-state index contributed by atoms with van der Waals surface area (Å²) in [6, 6.07) is 5.07. The molecule has 18 heavy (non-hydrogen) atoms. The van der Waals surface area contributed by atoms with Gasteiger partial charge in [0.05, 0.1) is 0 Å². The summed E-state index contributed by atoms with van der Waals surface area (Å²) in [6.45, 7) is 7.60. The van der Waals surface area contributed by atoms with Crippen LogP contribution in [0.1, 0.15) is 39.2 Å². The molecule has 0 bridgehead atoms. The molecule has 1 nitrogen and oxygen atoms in total. The van der Waals surface area contributed by atoms with Crippen LogP contribution in [0.3, 0.4) is 0 Å². The zero-order valence-electron chi connectivity index (χ0n) is 11.5. The molecule has 1 aromatic carbocycles. The summed E-state index contributed by atoms with van der Waals surface area (Å²) in [5.74, 6) is 0.365. The Labute approximate surface area is 115 Å². The minimum atomic E-state index is -0.273. The Morgan fingerprint density at radius 3 is 2.61 bits per heavy atom. The number of nitrogens with one attached hydrogen (secondary N) is 1. The van der Waals surface area contributed by atoms with E-state index in [4.69, 9.17) is 11.6 Å². The van der Waals surface area contributed by atoms with Crippen LogP contribution in [-0.2, 0) is 6.42 Å². The monoisotopic (exact) mass is 271 g/mol. The SMILES string of the molecule is CCCNC(Cc1ccc(F)cc1Cl)CC(C)C. The van der Waals surface area contributed by atoms with E-state index in [9.17, 15) is 4.39 Å². The molecule has 0 heterocycles. The van der Waals surface area contributed by atoms with Crippen molar-refractivity contribution in [3.8, 4) is 0 Å². The first-order valence-electron chi connectivity index (χ1n) is 6.70. The van der Waals surface area contributed by atoms with Crippen LogP contribution in [0.4, 0.5) is 4.39 Å². The van der Waals surface area contributed by atoms with Crippen molar-refractivity contribution >= 4 is 11.6 Å². The number of hydrogen-bond acceptors (Lipinski definition) is 1. The molecule has 1 aromatic rings. The second-order valence-corrected chi connectivity index (χ2v) is 5.63. The summed E-state index contributed by atoms with van der Waals surface area (Å²) in [5.41, 5.74) is 1.02. The van der Waals surface area contributed by atoms with Gasteiger partial charge in [-0.15, -0.1) is 0 Å². The van der Waals surface area contributed by atoms with Crippen molar-refractivity contribution in [1.82, 2.24) is 5.32 Å². The maximum atomic E-state index is 13.0. The van der Waals surface area contributed by atoms with E-state index < -0.39 is 0 Å². The molecule has 0 saturated heterocycles. The largest absolute Gasteiger partial charge is 0.314 e. The molecule has 0 aliphatic heterocycles. The highest BCUT2D eigenvalue weighted by atomic mass is 35.5. The molecule has 0 aliphatic carbocycles. The van der Waals surface area contributed by atoms with Gasteiger partial charge >= 0.3 is 0 Å². The lowest BCUT2D eigenvalue weighted by Gasteiger charge is -2.21. The van der Waals surface area contributed by atoms with Crippen LogP contribution in [0.2, 0.25) is 5.02 Å². The quantitative estimate of drug-likeness (QED) is 0.773. The van der Waals surface area contributed by atoms with Gasteiger partial charge in [-0.25, -0.2) is 4.39 Å². The van der Waals surface area contributed by atoms with E-state index in [0.717, 1.165) is 31.4 Å². The van der Waals surface area contributed by atoms with Crippen molar-refractivity contribution in [1.29, 1.82) is 0 Å². The first-order chi connectivity index (χ1) is 8.52. The Bertz CT molecular complexity index is 366. The van der Waals surface area contributed by atoms with E-state index in [1.165, 1.54) is 12.1 Å². The maximum absolute atomic E-state index is 13.0. The second kappa shape index (κ2) is 7.75. The number of benzene rings is 1. The molecule has 1 rings (SSSR count). The van der Waals surface area contributed by atoms with Gasteiger partial charge in [0.15, 0.2) is 0 Å². The Hall–Kier alpha value is -0.600. The maximum Gasteiger partial charge on any atom is 0.124 e. The lowest BCUT2D eigenvalue weighted by Crippen LogP contribution is -2.33. The molecule has 102 valence electrons. The van der Waals surface area contributed by atoms with Crippen molar-refractivity contribution in [2.24, 2.45) is 5.92 Å². The topological polar surface area (TPSA) is 12.0 Å². The fraction of sp³-hybridized carbons (Fsp3) is 0.600. The highest BCUT2D eigenvalue weighted by Crippen LogP contribution is 2.20. The normalized spacial score (nSPS) is 13.0. The Morgan fingerprint density at radius 1 is 1.33 bits per heavy atom. The predicted octanol–water partition coefficient (Wildman–Crippen LogP) is 4.44. The van der Waals surface area contributed by atoms with Crippen molar-refractivity contribution in [2.75, 3.05) is 6.54 Å². The third kappa shape index (κ3) is 5.36. The van der Waals surface area contributed by atoms with E-state index >= 15 is 0 Å². The highest BCUT2D eigenvalue weighted by molar-refractivity contribution is 6.31. The summed E-state index contributed by atoms with van der Waals surface area (Å²) >= 11 is 6.08. The van der Waals surface area contributed by atoms with Crippen molar-refractivity contribution < 1.29 is 4.39 Å².